The van der Waals surface area contributed by atoms with Gasteiger partial charge in [0.05, 0.1) is 6.42 Å². The molecule has 8 heteroatoms. The summed E-state index contributed by atoms with van der Waals surface area (Å²) in [5, 5.41) is 3.36. The van der Waals surface area contributed by atoms with Crippen LogP contribution in [0.5, 0.6) is 11.5 Å². The molecule has 2 aliphatic rings. The van der Waals surface area contributed by atoms with Gasteiger partial charge in [0.25, 0.3) is 0 Å². The minimum Gasteiger partial charge on any atom is -0.486 e. The van der Waals surface area contributed by atoms with E-state index < -0.39 is 0 Å². The molecule has 2 aromatic rings. The van der Waals surface area contributed by atoms with Gasteiger partial charge in [-0.25, -0.2) is 4.98 Å². The highest BCUT2D eigenvalue weighted by atomic mass is 35.5. The van der Waals surface area contributed by atoms with Crippen LogP contribution in [0.2, 0.25) is 0 Å². The Morgan fingerprint density at radius 2 is 2.12 bits per heavy atom. The zero-order chi connectivity index (χ0) is 17.2. The zero-order valence-electron chi connectivity index (χ0n) is 14.7. The molecule has 1 fully saturated rings. The molecule has 1 amide bonds. The molecule has 26 heavy (non-hydrogen) atoms. The number of aromatic nitrogens is 2. The Labute approximate surface area is 158 Å². The predicted octanol–water partition coefficient (Wildman–Crippen LogP) is 1.33. The lowest BCUT2D eigenvalue weighted by Crippen LogP contribution is -2.49. The fourth-order valence-electron chi connectivity index (χ4n) is 3.41. The molecule has 0 spiro atoms. The molecule has 1 aromatic carbocycles. The van der Waals surface area contributed by atoms with E-state index in [4.69, 9.17) is 9.47 Å². The number of carbonyl (C=O) groups excluding carboxylic acids is 1. The van der Waals surface area contributed by atoms with E-state index in [1.807, 2.05) is 40.9 Å². The molecule has 3 heterocycles. The van der Waals surface area contributed by atoms with Gasteiger partial charge >= 0.3 is 0 Å². The molecule has 0 bridgehead atoms. The van der Waals surface area contributed by atoms with Gasteiger partial charge in [0.2, 0.25) is 5.91 Å². The number of nitrogens with zero attached hydrogens (tertiary/aromatic N) is 3. The highest BCUT2D eigenvalue weighted by Gasteiger charge is 2.30. The first kappa shape index (κ1) is 18.5. The molecule has 1 N–H and O–H groups in total. The van der Waals surface area contributed by atoms with Crippen molar-refractivity contribution in [2.24, 2.45) is 7.05 Å². The quantitative estimate of drug-likeness (QED) is 0.872. The maximum Gasteiger partial charge on any atom is 0.227 e. The van der Waals surface area contributed by atoms with Crippen molar-refractivity contribution in [1.29, 1.82) is 0 Å². The van der Waals surface area contributed by atoms with Crippen molar-refractivity contribution in [3.05, 3.63) is 42.0 Å². The normalized spacial score (nSPS) is 19.0. The Hall–Kier alpha value is -2.25. The first-order chi connectivity index (χ1) is 12.2. The molecular formula is C18H23ClN4O3. The standard InChI is InChI=1S/C18H22N4O3.ClH/c1-21-6-5-20-18(21)14-12-19-4-7-22(14)17(23)11-13-2-3-15-16(10-13)25-9-8-24-15;/h2-3,5-6,10,14,19H,4,7-9,11-12H2,1H3;1H. The summed E-state index contributed by atoms with van der Waals surface area (Å²) in [6, 6.07) is 5.68. The number of aryl methyl sites for hydroxylation is 1. The highest BCUT2D eigenvalue weighted by Crippen LogP contribution is 2.31. The topological polar surface area (TPSA) is 68.6 Å². The number of hydrogen-bond donors (Lipinski definition) is 1. The summed E-state index contributed by atoms with van der Waals surface area (Å²) >= 11 is 0. The minimum atomic E-state index is -0.0431. The summed E-state index contributed by atoms with van der Waals surface area (Å²) in [5.41, 5.74) is 0.936. The molecule has 4 rings (SSSR count). The number of piperazine rings is 1. The van der Waals surface area contributed by atoms with Crippen molar-refractivity contribution in [2.45, 2.75) is 12.5 Å². The lowest BCUT2D eigenvalue weighted by atomic mass is 10.1. The van der Waals surface area contributed by atoms with Crippen LogP contribution in [-0.4, -0.2) is 53.2 Å². The number of hydrogen-bond acceptors (Lipinski definition) is 5. The van der Waals surface area contributed by atoms with E-state index in [1.165, 1.54) is 0 Å². The van der Waals surface area contributed by atoms with Crippen LogP contribution in [0, 0.1) is 0 Å². The summed E-state index contributed by atoms with van der Waals surface area (Å²) in [6.07, 6.45) is 4.03. The number of ether oxygens (including phenoxy) is 2. The third-order valence-electron chi connectivity index (χ3n) is 4.68. The Morgan fingerprint density at radius 3 is 2.88 bits per heavy atom. The predicted molar refractivity (Wildman–Crippen MR) is 98.9 cm³/mol. The minimum absolute atomic E-state index is 0. The van der Waals surface area contributed by atoms with E-state index in [0.717, 1.165) is 36.0 Å². The fraction of sp³-hybridized carbons (Fsp3) is 0.444. The van der Waals surface area contributed by atoms with Gasteiger partial charge in [-0.05, 0) is 17.7 Å². The van der Waals surface area contributed by atoms with Gasteiger partial charge in [-0.2, -0.15) is 0 Å². The van der Waals surface area contributed by atoms with Crippen LogP contribution < -0.4 is 14.8 Å². The maximum atomic E-state index is 12.9. The van der Waals surface area contributed by atoms with Crippen LogP contribution in [0.4, 0.5) is 0 Å². The number of halogens is 1. The van der Waals surface area contributed by atoms with Crippen LogP contribution >= 0.6 is 12.4 Å². The average Bonchev–Trinajstić information content (AvgIpc) is 3.07. The summed E-state index contributed by atoms with van der Waals surface area (Å²) < 4.78 is 13.1. The van der Waals surface area contributed by atoms with Gasteiger partial charge in [0.1, 0.15) is 25.1 Å². The Bertz CT molecular complexity index is 780. The van der Waals surface area contributed by atoms with Crippen LogP contribution in [-0.2, 0) is 18.3 Å². The molecule has 2 aliphatic heterocycles. The largest absolute Gasteiger partial charge is 0.486 e. The third-order valence-corrected chi connectivity index (χ3v) is 4.68. The van der Waals surface area contributed by atoms with E-state index in [0.29, 0.717) is 26.2 Å². The Morgan fingerprint density at radius 1 is 1.31 bits per heavy atom. The number of nitrogens with one attached hydrogen (secondary N) is 1. The van der Waals surface area contributed by atoms with Crippen molar-refractivity contribution < 1.29 is 14.3 Å². The van der Waals surface area contributed by atoms with Crippen LogP contribution in [0.25, 0.3) is 0 Å². The second-order valence-corrected chi connectivity index (χ2v) is 6.36. The third kappa shape index (κ3) is 3.64. The van der Waals surface area contributed by atoms with Crippen LogP contribution in [0.1, 0.15) is 17.4 Å². The molecule has 0 radical (unpaired) electrons. The zero-order valence-corrected chi connectivity index (χ0v) is 15.5. The van der Waals surface area contributed by atoms with Crippen LogP contribution in [0.3, 0.4) is 0 Å². The maximum absolute atomic E-state index is 12.9. The molecule has 1 unspecified atom stereocenters. The van der Waals surface area contributed by atoms with Crippen molar-refractivity contribution in [3.8, 4) is 11.5 Å². The van der Waals surface area contributed by atoms with Gasteiger partial charge in [-0.3, -0.25) is 4.79 Å². The lowest BCUT2D eigenvalue weighted by molar-refractivity contribution is -0.134. The van der Waals surface area contributed by atoms with Crippen LogP contribution in [0.15, 0.2) is 30.6 Å². The number of benzene rings is 1. The second kappa shape index (κ2) is 7.97. The molecule has 0 saturated carbocycles. The number of rotatable bonds is 3. The van der Waals surface area contributed by atoms with E-state index in [-0.39, 0.29) is 24.4 Å². The summed E-state index contributed by atoms with van der Waals surface area (Å²) in [5.74, 6) is 2.47. The smallest absolute Gasteiger partial charge is 0.227 e. The molecule has 1 atom stereocenters. The van der Waals surface area contributed by atoms with E-state index in [1.54, 1.807) is 6.20 Å². The number of fused-ring (bicyclic) bond motifs is 1. The van der Waals surface area contributed by atoms with Gasteiger partial charge in [0.15, 0.2) is 11.5 Å². The molecule has 140 valence electrons. The molecule has 1 saturated heterocycles. The number of carbonyl (C=O) groups is 1. The second-order valence-electron chi connectivity index (χ2n) is 6.36. The van der Waals surface area contributed by atoms with Gasteiger partial charge in [-0.15, -0.1) is 12.4 Å². The van der Waals surface area contributed by atoms with Gasteiger partial charge < -0.3 is 24.3 Å². The van der Waals surface area contributed by atoms with Crippen molar-refractivity contribution in [3.63, 3.8) is 0 Å². The molecular weight excluding hydrogens is 356 g/mol. The molecule has 1 aromatic heterocycles. The van der Waals surface area contributed by atoms with Crippen molar-refractivity contribution >= 4 is 18.3 Å². The highest BCUT2D eigenvalue weighted by molar-refractivity contribution is 5.85. The lowest BCUT2D eigenvalue weighted by Gasteiger charge is -2.36. The van der Waals surface area contributed by atoms with E-state index in [2.05, 4.69) is 10.3 Å². The Balaban J connectivity index is 0.00000196. The monoisotopic (exact) mass is 378 g/mol. The number of amides is 1. The fourth-order valence-corrected chi connectivity index (χ4v) is 3.41. The summed E-state index contributed by atoms with van der Waals surface area (Å²) in [6.45, 7) is 3.31. The molecule has 0 aliphatic carbocycles. The van der Waals surface area contributed by atoms with E-state index in [9.17, 15) is 4.79 Å². The van der Waals surface area contributed by atoms with Gasteiger partial charge in [0, 0.05) is 39.1 Å². The molecule has 7 nitrogen and oxygen atoms in total. The first-order valence-electron chi connectivity index (χ1n) is 8.58. The SMILES string of the molecule is Cl.Cn1ccnc1C1CNCCN1C(=O)Cc1ccc2c(c1)OCCO2. The average molecular weight is 379 g/mol. The summed E-state index contributed by atoms with van der Waals surface area (Å²) in [7, 11) is 1.96. The first-order valence-corrected chi connectivity index (χ1v) is 8.58. The Kier molecular flexibility index (Phi) is 5.68. The van der Waals surface area contributed by atoms with Crippen molar-refractivity contribution in [1.82, 2.24) is 19.8 Å². The number of imidazole rings is 1. The van der Waals surface area contributed by atoms with Gasteiger partial charge in [-0.1, -0.05) is 6.07 Å². The van der Waals surface area contributed by atoms with Crippen molar-refractivity contribution in [2.75, 3.05) is 32.8 Å². The van der Waals surface area contributed by atoms with E-state index >= 15 is 0 Å². The summed E-state index contributed by atoms with van der Waals surface area (Å²) in [4.78, 5) is 19.3.